The van der Waals surface area contributed by atoms with Gasteiger partial charge in [-0.1, -0.05) is 19.2 Å². The topological polar surface area (TPSA) is 80.3 Å². The van der Waals surface area contributed by atoms with Crippen LogP contribution in [0.3, 0.4) is 0 Å². The minimum absolute atomic E-state index is 0.378. The van der Waals surface area contributed by atoms with Gasteiger partial charge in [0.15, 0.2) is 11.5 Å². The minimum Gasteiger partial charge on any atom is -0.490 e. The minimum atomic E-state index is -0.379. The third-order valence-electron chi connectivity index (χ3n) is 4.73. The van der Waals surface area contributed by atoms with Gasteiger partial charge in [-0.15, -0.1) is 0 Å². The Morgan fingerprint density at radius 2 is 1.21 bits per heavy atom. The summed E-state index contributed by atoms with van der Waals surface area (Å²) in [6.45, 7) is 9.28. The summed E-state index contributed by atoms with van der Waals surface area (Å²) in [6.07, 6.45) is 9.73. The van der Waals surface area contributed by atoms with E-state index in [2.05, 4.69) is 13.2 Å². The molecule has 0 aromatic heterocycles. The van der Waals surface area contributed by atoms with Gasteiger partial charge in [0, 0.05) is 19.3 Å². The molecule has 33 heavy (non-hydrogen) atoms. The van der Waals surface area contributed by atoms with E-state index in [0.29, 0.717) is 33.0 Å². The van der Waals surface area contributed by atoms with Gasteiger partial charge in [-0.3, -0.25) is 0 Å². The Balaban J connectivity index is 2.31. The Labute approximate surface area is 197 Å². The molecule has 0 saturated heterocycles. The number of hydrogen-bond donors (Lipinski definition) is 0. The maximum atomic E-state index is 11.0. The lowest BCUT2D eigenvalue weighted by Gasteiger charge is -2.14. The predicted molar refractivity (Wildman–Crippen MR) is 127 cm³/mol. The lowest BCUT2D eigenvalue weighted by atomic mass is 10.2. The van der Waals surface area contributed by atoms with Gasteiger partial charge in [0.05, 0.1) is 33.0 Å². The van der Waals surface area contributed by atoms with Gasteiger partial charge in [0.2, 0.25) is 0 Å². The highest BCUT2D eigenvalue weighted by Gasteiger charge is 2.08. The normalized spacial score (nSPS) is 10.3. The fourth-order valence-electron chi connectivity index (χ4n) is 2.98. The summed E-state index contributed by atoms with van der Waals surface area (Å²) in [7, 11) is 1.66. The second-order valence-corrected chi connectivity index (χ2v) is 7.48. The number of carbonyl (C=O) groups is 2. The largest absolute Gasteiger partial charge is 0.490 e. The van der Waals surface area contributed by atoms with Crippen LogP contribution in [0.2, 0.25) is 0 Å². The van der Waals surface area contributed by atoms with Gasteiger partial charge in [0.1, 0.15) is 0 Å². The van der Waals surface area contributed by atoms with Gasteiger partial charge >= 0.3 is 11.9 Å². The van der Waals surface area contributed by atoms with Crippen molar-refractivity contribution in [3.63, 3.8) is 0 Å². The SMILES string of the molecule is C=CC(=O)OCCCCCCOc1ccc(COC)cc1OCCCCCCOC(=O)C=C. The molecular weight excluding hydrogens is 424 g/mol. The fourth-order valence-corrected chi connectivity index (χ4v) is 2.98. The van der Waals surface area contributed by atoms with Crippen molar-refractivity contribution in [3.8, 4) is 11.5 Å². The third kappa shape index (κ3) is 14.1. The Kier molecular flexibility index (Phi) is 16.0. The molecule has 1 aromatic rings. The molecule has 0 heterocycles. The molecule has 0 N–H and O–H groups in total. The maximum Gasteiger partial charge on any atom is 0.330 e. The van der Waals surface area contributed by atoms with Crippen LogP contribution in [0.1, 0.15) is 56.9 Å². The van der Waals surface area contributed by atoms with Crippen molar-refractivity contribution in [1.82, 2.24) is 0 Å². The zero-order chi connectivity index (χ0) is 24.2. The molecule has 0 saturated carbocycles. The van der Waals surface area contributed by atoms with Crippen LogP contribution in [0, 0.1) is 0 Å². The van der Waals surface area contributed by atoms with Crippen molar-refractivity contribution in [2.45, 2.75) is 58.0 Å². The molecule has 7 nitrogen and oxygen atoms in total. The lowest BCUT2D eigenvalue weighted by Crippen LogP contribution is -2.05. The standard InChI is InChI=1S/C26H38O7/c1-4-25(27)32-18-12-8-6-10-16-30-23-15-14-22(21-29-3)20-24(23)31-17-11-7-9-13-19-33-26(28)5-2/h4-5,14-15,20H,1-2,6-13,16-19,21H2,3H3. The molecule has 0 spiro atoms. The van der Waals surface area contributed by atoms with E-state index in [0.717, 1.165) is 68.4 Å². The molecule has 184 valence electrons. The van der Waals surface area contributed by atoms with E-state index >= 15 is 0 Å². The number of methoxy groups -OCH3 is 1. The second-order valence-electron chi connectivity index (χ2n) is 7.48. The van der Waals surface area contributed by atoms with Crippen LogP contribution >= 0.6 is 0 Å². The first-order valence-electron chi connectivity index (χ1n) is 11.6. The molecule has 1 aromatic carbocycles. The molecule has 0 fully saturated rings. The molecule has 0 aliphatic carbocycles. The zero-order valence-corrected chi connectivity index (χ0v) is 19.9. The van der Waals surface area contributed by atoms with Gasteiger partial charge < -0.3 is 23.7 Å². The van der Waals surface area contributed by atoms with E-state index in [4.69, 9.17) is 23.7 Å². The number of hydrogen-bond acceptors (Lipinski definition) is 7. The summed E-state index contributed by atoms with van der Waals surface area (Å²) in [4.78, 5) is 22.0. The smallest absolute Gasteiger partial charge is 0.330 e. The molecule has 1 rings (SSSR count). The third-order valence-corrected chi connectivity index (χ3v) is 4.73. The van der Waals surface area contributed by atoms with E-state index in [1.165, 1.54) is 12.2 Å². The quantitative estimate of drug-likeness (QED) is 0.150. The fraction of sp³-hybridized carbons (Fsp3) is 0.538. The summed E-state index contributed by atoms with van der Waals surface area (Å²) in [6, 6.07) is 5.86. The number of carbonyl (C=O) groups excluding carboxylic acids is 2. The highest BCUT2D eigenvalue weighted by molar-refractivity contribution is 5.81. The maximum absolute atomic E-state index is 11.0. The van der Waals surface area contributed by atoms with Crippen LogP contribution in [0.5, 0.6) is 11.5 Å². The van der Waals surface area contributed by atoms with Crippen molar-refractivity contribution in [2.75, 3.05) is 33.5 Å². The summed E-state index contributed by atoms with van der Waals surface area (Å²) < 4.78 is 27.1. The monoisotopic (exact) mass is 462 g/mol. The van der Waals surface area contributed by atoms with Gasteiger partial charge in [-0.2, -0.15) is 0 Å². The molecule has 0 aliphatic rings. The van der Waals surface area contributed by atoms with Crippen molar-refractivity contribution in [3.05, 3.63) is 49.1 Å². The predicted octanol–water partition coefficient (Wildman–Crippen LogP) is 5.17. The van der Waals surface area contributed by atoms with Crippen molar-refractivity contribution in [1.29, 1.82) is 0 Å². The molecular formula is C26H38O7. The number of rotatable bonds is 20. The highest BCUT2D eigenvalue weighted by atomic mass is 16.5. The Bertz CT molecular complexity index is 715. The summed E-state index contributed by atoms with van der Waals surface area (Å²) >= 11 is 0. The van der Waals surface area contributed by atoms with E-state index in [-0.39, 0.29) is 11.9 Å². The van der Waals surface area contributed by atoms with Crippen molar-refractivity contribution >= 4 is 11.9 Å². The zero-order valence-electron chi connectivity index (χ0n) is 19.9. The molecule has 7 heteroatoms. The molecule has 0 atom stereocenters. The summed E-state index contributed by atoms with van der Waals surface area (Å²) in [5.74, 6) is 0.694. The number of benzene rings is 1. The first-order chi connectivity index (χ1) is 16.1. The molecule has 0 radical (unpaired) electrons. The molecule has 0 aliphatic heterocycles. The first kappa shape index (κ1) is 28.2. The summed E-state index contributed by atoms with van der Waals surface area (Å²) in [5.41, 5.74) is 1.03. The number of esters is 2. The molecule has 0 amide bonds. The average molecular weight is 463 g/mol. The van der Waals surface area contributed by atoms with Crippen LogP contribution in [-0.4, -0.2) is 45.5 Å². The Hall–Kier alpha value is -2.80. The molecule has 0 unspecified atom stereocenters. The van der Waals surface area contributed by atoms with Crippen LogP contribution in [0.15, 0.2) is 43.5 Å². The Morgan fingerprint density at radius 3 is 1.70 bits per heavy atom. The van der Waals surface area contributed by atoms with E-state index < -0.39 is 0 Å². The lowest BCUT2D eigenvalue weighted by molar-refractivity contribution is -0.138. The van der Waals surface area contributed by atoms with E-state index in [9.17, 15) is 9.59 Å². The van der Waals surface area contributed by atoms with E-state index in [1.807, 2.05) is 18.2 Å². The van der Waals surface area contributed by atoms with Gasteiger partial charge in [-0.05, 0) is 69.1 Å². The highest BCUT2D eigenvalue weighted by Crippen LogP contribution is 2.29. The van der Waals surface area contributed by atoms with Gasteiger partial charge in [-0.25, -0.2) is 9.59 Å². The van der Waals surface area contributed by atoms with Crippen LogP contribution < -0.4 is 9.47 Å². The van der Waals surface area contributed by atoms with Crippen LogP contribution in [0.4, 0.5) is 0 Å². The number of unbranched alkanes of at least 4 members (excludes halogenated alkanes) is 6. The van der Waals surface area contributed by atoms with Crippen LogP contribution in [-0.2, 0) is 30.4 Å². The molecule has 0 bridgehead atoms. The first-order valence-corrected chi connectivity index (χ1v) is 11.6. The summed E-state index contributed by atoms with van der Waals surface area (Å²) in [5, 5.41) is 0. The number of ether oxygens (including phenoxy) is 5. The van der Waals surface area contributed by atoms with Crippen molar-refractivity contribution < 1.29 is 33.3 Å². The average Bonchev–Trinajstić information content (AvgIpc) is 2.83. The Morgan fingerprint density at radius 1 is 0.727 bits per heavy atom. The second kappa shape index (κ2) is 18.7. The van der Waals surface area contributed by atoms with Crippen LogP contribution in [0.25, 0.3) is 0 Å². The van der Waals surface area contributed by atoms with E-state index in [1.54, 1.807) is 7.11 Å². The van der Waals surface area contributed by atoms with Gasteiger partial charge in [0.25, 0.3) is 0 Å². The van der Waals surface area contributed by atoms with Crippen molar-refractivity contribution in [2.24, 2.45) is 0 Å².